The van der Waals surface area contributed by atoms with Crippen LogP contribution in [0.2, 0.25) is 0 Å². The maximum Gasteiger partial charge on any atom is 0.327 e. The fourth-order valence-electron chi connectivity index (χ4n) is 5.37. The summed E-state index contributed by atoms with van der Waals surface area (Å²) in [6, 6.07) is 14.0. The number of cyclic esters (lactones) is 1. The second-order valence-corrected chi connectivity index (χ2v) is 10.3. The highest BCUT2D eigenvalue weighted by Gasteiger charge is 2.75. The van der Waals surface area contributed by atoms with E-state index >= 15 is 0 Å². The Morgan fingerprint density at radius 3 is 2.26 bits per heavy atom. The Bertz CT molecular complexity index is 1110. The molecule has 0 saturated carbocycles. The summed E-state index contributed by atoms with van der Waals surface area (Å²) in [5, 5.41) is 3.41. The first-order valence-electron chi connectivity index (χ1n) is 11.5. The van der Waals surface area contributed by atoms with Crippen molar-refractivity contribution in [2.75, 3.05) is 26.1 Å². The monoisotopic (exact) mass is 561 g/mol. The number of carbonyl (C=O) groups excluding carboxylic acids is 3. The van der Waals surface area contributed by atoms with Crippen LogP contribution in [0.5, 0.6) is 0 Å². The first kappa shape index (κ1) is 25.7. The molecule has 1 unspecified atom stereocenters. The maximum absolute atomic E-state index is 14.0. The van der Waals surface area contributed by atoms with Crippen LogP contribution >= 0.6 is 27.7 Å². The minimum Gasteiger partial charge on any atom is -0.465 e. The Morgan fingerprint density at radius 2 is 1.74 bits per heavy atom. The molecule has 2 aromatic carbocycles. The molecule has 7 nitrogen and oxygen atoms in total. The number of nitrogens with one attached hydrogen (secondary N) is 1. The zero-order valence-electron chi connectivity index (χ0n) is 19.8. The van der Waals surface area contributed by atoms with Crippen LogP contribution in [-0.4, -0.2) is 49.5 Å². The van der Waals surface area contributed by atoms with E-state index < -0.39 is 40.8 Å². The summed E-state index contributed by atoms with van der Waals surface area (Å²) < 4.78 is 17.3. The molecule has 2 aromatic rings. The number of benzene rings is 2. The Labute approximate surface area is 217 Å². The quantitative estimate of drug-likeness (QED) is 0.230. The second kappa shape index (κ2) is 10.3. The van der Waals surface area contributed by atoms with Gasteiger partial charge in [-0.15, -0.1) is 11.8 Å². The van der Waals surface area contributed by atoms with E-state index in [-0.39, 0.29) is 19.8 Å². The van der Waals surface area contributed by atoms with Gasteiger partial charge >= 0.3 is 17.9 Å². The fraction of sp³-hybridized carbons (Fsp3) is 0.423. The molecule has 2 aliphatic heterocycles. The van der Waals surface area contributed by atoms with Crippen LogP contribution < -0.4 is 5.32 Å². The number of halogens is 1. The molecule has 9 heteroatoms. The zero-order valence-corrected chi connectivity index (χ0v) is 22.2. The molecule has 0 aliphatic carbocycles. The molecule has 1 spiro atoms. The molecule has 35 heavy (non-hydrogen) atoms. The highest BCUT2D eigenvalue weighted by Crippen LogP contribution is 2.61. The SMILES string of the molecule is CCOC(=O)C1(C(=O)OCC)C(c2cccc(Br)c2)[C@]2(CCOC2=O)N[C@H]1c1ccc(SC)cc1. The summed E-state index contributed by atoms with van der Waals surface area (Å²) in [6.45, 7) is 3.70. The van der Waals surface area contributed by atoms with Crippen molar-refractivity contribution in [3.8, 4) is 0 Å². The van der Waals surface area contributed by atoms with Crippen molar-refractivity contribution in [3.63, 3.8) is 0 Å². The number of ether oxygens (including phenoxy) is 3. The van der Waals surface area contributed by atoms with Gasteiger partial charge < -0.3 is 14.2 Å². The highest BCUT2D eigenvalue weighted by atomic mass is 79.9. The summed E-state index contributed by atoms with van der Waals surface area (Å²) in [7, 11) is 0. The smallest absolute Gasteiger partial charge is 0.327 e. The molecule has 1 N–H and O–H groups in total. The number of hydrogen-bond acceptors (Lipinski definition) is 8. The predicted molar refractivity (Wildman–Crippen MR) is 135 cm³/mol. The third kappa shape index (κ3) is 4.17. The standard InChI is InChI=1S/C26H28BrNO6S/c1-4-32-23(30)26(24(31)33-5-2)20(17-7-6-8-18(27)15-17)25(13-14-34-22(25)29)28-21(26)16-9-11-19(35-3)12-10-16/h6-12,15,20-21,28H,4-5,13-14H2,1-3H3/t20?,21-,25-/m0/s1. The lowest BCUT2D eigenvalue weighted by atomic mass is 9.62. The molecule has 0 radical (unpaired) electrons. The molecule has 0 bridgehead atoms. The molecule has 3 atom stereocenters. The lowest BCUT2D eigenvalue weighted by molar-refractivity contribution is -0.175. The summed E-state index contributed by atoms with van der Waals surface area (Å²) in [6.07, 6.45) is 2.26. The van der Waals surface area contributed by atoms with Crippen molar-refractivity contribution < 1.29 is 28.6 Å². The lowest BCUT2D eigenvalue weighted by Crippen LogP contribution is -2.52. The van der Waals surface area contributed by atoms with Gasteiger partial charge in [0.25, 0.3) is 0 Å². The second-order valence-electron chi connectivity index (χ2n) is 8.51. The summed E-state index contributed by atoms with van der Waals surface area (Å²) in [4.78, 5) is 42.4. The molecule has 4 rings (SSSR count). The van der Waals surface area contributed by atoms with E-state index in [0.717, 1.165) is 9.37 Å². The minimum atomic E-state index is -1.86. The van der Waals surface area contributed by atoms with Crippen molar-refractivity contribution in [2.24, 2.45) is 5.41 Å². The van der Waals surface area contributed by atoms with Crippen LogP contribution in [0.3, 0.4) is 0 Å². The van der Waals surface area contributed by atoms with E-state index in [9.17, 15) is 14.4 Å². The van der Waals surface area contributed by atoms with Crippen molar-refractivity contribution >= 4 is 45.6 Å². The Hall–Kier alpha value is -2.36. The van der Waals surface area contributed by atoms with E-state index in [4.69, 9.17) is 14.2 Å². The van der Waals surface area contributed by atoms with E-state index in [0.29, 0.717) is 17.5 Å². The predicted octanol–water partition coefficient (Wildman–Crippen LogP) is 4.40. The number of hydrogen-bond donors (Lipinski definition) is 1. The van der Waals surface area contributed by atoms with Crippen molar-refractivity contribution in [3.05, 3.63) is 64.1 Å². The van der Waals surface area contributed by atoms with Gasteiger partial charge in [0, 0.05) is 21.7 Å². The molecule has 2 aliphatic rings. The van der Waals surface area contributed by atoms with Crippen LogP contribution in [0.25, 0.3) is 0 Å². The minimum absolute atomic E-state index is 0.0702. The van der Waals surface area contributed by atoms with Gasteiger partial charge in [0.2, 0.25) is 0 Å². The largest absolute Gasteiger partial charge is 0.465 e. The molecule has 0 amide bonds. The lowest BCUT2D eigenvalue weighted by Gasteiger charge is -2.37. The highest BCUT2D eigenvalue weighted by molar-refractivity contribution is 9.10. The molecule has 2 fully saturated rings. The molecule has 0 aromatic heterocycles. The molecular formula is C26H28BrNO6S. The van der Waals surface area contributed by atoms with Crippen LogP contribution in [0.4, 0.5) is 0 Å². The molecular weight excluding hydrogens is 534 g/mol. The molecule has 186 valence electrons. The number of esters is 3. The summed E-state index contributed by atoms with van der Waals surface area (Å²) in [5.41, 5.74) is -1.87. The summed E-state index contributed by atoms with van der Waals surface area (Å²) >= 11 is 5.08. The van der Waals surface area contributed by atoms with Gasteiger partial charge in [-0.3, -0.25) is 19.7 Å². The number of thioether (sulfide) groups is 1. The van der Waals surface area contributed by atoms with Gasteiger partial charge in [0.1, 0.15) is 5.54 Å². The normalized spacial score (nSPS) is 24.9. The van der Waals surface area contributed by atoms with Crippen molar-refractivity contribution in [2.45, 2.75) is 42.7 Å². The van der Waals surface area contributed by atoms with E-state index in [1.54, 1.807) is 25.6 Å². The zero-order chi connectivity index (χ0) is 25.2. The van der Waals surface area contributed by atoms with Crippen LogP contribution in [0.1, 0.15) is 43.4 Å². The summed E-state index contributed by atoms with van der Waals surface area (Å²) in [5.74, 6) is -2.88. The van der Waals surface area contributed by atoms with Crippen LogP contribution in [0.15, 0.2) is 57.9 Å². The van der Waals surface area contributed by atoms with Gasteiger partial charge in [-0.1, -0.05) is 40.2 Å². The van der Waals surface area contributed by atoms with Gasteiger partial charge in [-0.2, -0.15) is 0 Å². The first-order valence-corrected chi connectivity index (χ1v) is 13.6. The fourth-order valence-corrected chi connectivity index (χ4v) is 6.20. The van der Waals surface area contributed by atoms with Gasteiger partial charge in [-0.25, -0.2) is 0 Å². The van der Waals surface area contributed by atoms with E-state index in [2.05, 4.69) is 21.2 Å². The Morgan fingerprint density at radius 1 is 1.09 bits per heavy atom. The topological polar surface area (TPSA) is 90.9 Å². The molecule has 2 saturated heterocycles. The van der Waals surface area contributed by atoms with Gasteiger partial charge in [-0.05, 0) is 55.5 Å². The third-order valence-electron chi connectivity index (χ3n) is 6.76. The average Bonchev–Trinajstić information content (AvgIpc) is 3.37. The van der Waals surface area contributed by atoms with Gasteiger partial charge in [0.15, 0.2) is 5.41 Å². The molecule has 2 heterocycles. The third-order valence-corrected chi connectivity index (χ3v) is 7.99. The van der Waals surface area contributed by atoms with Crippen molar-refractivity contribution in [1.29, 1.82) is 0 Å². The van der Waals surface area contributed by atoms with Crippen LogP contribution in [-0.2, 0) is 28.6 Å². The number of carbonyl (C=O) groups is 3. The Balaban J connectivity index is 2.05. The first-order chi connectivity index (χ1) is 16.8. The van der Waals surface area contributed by atoms with Crippen LogP contribution in [0, 0.1) is 5.41 Å². The number of rotatable bonds is 7. The maximum atomic E-state index is 14.0. The van der Waals surface area contributed by atoms with E-state index in [1.165, 1.54) is 0 Å². The average molecular weight is 562 g/mol. The van der Waals surface area contributed by atoms with Gasteiger partial charge in [0.05, 0.1) is 25.9 Å². The Kier molecular flexibility index (Phi) is 7.59. The van der Waals surface area contributed by atoms with E-state index in [1.807, 2.05) is 54.8 Å². The van der Waals surface area contributed by atoms with Crippen molar-refractivity contribution in [1.82, 2.24) is 5.32 Å².